The first kappa shape index (κ1) is 15.3. The van der Waals surface area contributed by atoms with Crippen molar-refractivity contribution in [3.8, 4) is 0 Å². The lowest BCUT2D eigenvalue weighted by Gasteiger charge is -2.33. The Morgan fingerprint density at radius 1 is 1.21 bits per heavy atom. The highest BCUT2D eigenvalue weighted by molar-refractivity contribution is 4.75. The van der Waals surface area contributed by atoms with Crippen molar-refractivity contribution in [2.24, 2.45) is 5.92 Å². The normalized spacial score (nSPS) is 25.6. The zero-order chi connectivity index (χ0) is 13.5. The van der Waals surface area contributed by atoms with Gasteiger partial charge >= 0.3 is 0 Å². The van der Waals surface area contributed by atoms with Gasteiger partial charge in [-0.05, 0) is 77.9 Å². The number of nitrogens with one attached hydrogen (secondary N) is 1. The molecule has 2 fully saturated rings. The predicted octanol–water partition coefficient (Wildman–Crippen LogP) is 2.66. The molecule has 0 spiro atoms. The Morgan fingerprint density at radius 3 is 2.63 bits per heavy atom. The Hall–Kier alpha value is -0.120. The Balaban J connectivity index is 1.66. The number of nitrogens with zero attached hydrogens (tertiary/aromatic N) is 1. The molecule has 2 saturated heterocycles. The van der Waals surface area contributed by atoms with Crippen LogP contribution in [0.5, 0.6) is 0 Å². The first-order valence-electron chi connectivity index (χ1n) is 8.32. The number of rotatable bonds is 7. The van der Waals surface area contributed by atoms with Crippen LogP contribution in [0.2, 0.25) is 0 Å². The first-order valence-corrected chi connectivity index (χ1v) is 8.32. The fourth-order valence-corrected chi connectivity index (χ4v) is 3.35. The van der Waals surface area contributed by atoms with Gasteiger partial charge in [0.15, 0.2) is 0 Å². The highest BCUT2D eigenvalue weighted by Gasteiger charge is 2.20. The van der Waals surface area contributed by atoms with Gasteiger partial charge in [0.1, 0.15) is 0 Å². The van der Waals surface area contributed by atoms with Crippen LogP contribution in [-0.4, -0.2) is 49.8 Å². The second-order valence-electron chi connectivity index (χ2n) is 6.56. The van der Waals surface area contributed by atoms with Gasteiger partial charge in [-0.15, -0.1) is 0 Å². The molecule has 2 aliphatic heterocycles. The Kier molecular flexibility index (Phi) is 6.62. The van der Waals surface area contributed by atoms with Crippen LogP contribution in [0.3, 0.4) is 0 Å². The molecule has 0 saturated carbocycles. The first-order chi connectivity index (χ1) is 9.25. The molecule has 0 bridgehead atoms. The summed E-state index contributed by atoms with van der Waals surface area (Å²) >= 11 is 0. The molecule has 2 aliphatic rings. The molecule has 2 rings (SSSR count). The van der Waals surface area contributed by atoms with E-state index in [1.807, 2.05) is 0 Å². The summed E-state index contributed by atoms with van der Waals surface area (Å²) in [6, 6.07) is 0.680. The van der Waals surface area contributed by atoms with Gasteiger partial charge in [-0.2, -0.15) is 0 Å². The summed E-state index contributed by atoms with van der Waals surface area (Å²) < 4.78 is 5.72. The maximum absolute atomic E-state index is 5.72. The smallest absolute Gasteiger partial charge is 0.0576 e. The minimum atomic E-state index is 0.563. The summed E-state index contributed by atoms with van der Waals surface area (Å²) in [5.74, 6) is 0.909. The van der Waals surface area contributed by atoms with Gasteiger partial charge in [-0.1, -0.05) is 0 Å². The SMILES string of the molecule is CC(C)N(CCCC1CCCO1)CC1CCNCC1. The summed E-state index contributed by atoms with van der Waals surface area (Å²) in [4.78, 5) is 2.69. The van der Waals surface area contributed by atoms with Crippen LogP contribution in [0.1, 0.15) is 52.4 Å². The van der Waals surface area contributed by atoms with Gasteiger partial charge in [0, 0.05) is 19.2 Å². The lowest BCUT2D eigenvalue weighted by atomic mass is 9.97. The van der Waals surface area contributed by atoms with Crippen LogP contribution in [-0.2, 0) is 4.74 Å². The molecule has 3 nitrogen and oxygen atoms in total. The molecule has 1 atom stereocenters. The highest BCUT2D eigenvalue weighted by atomic mass is 16.5. The third-order valence-corrected chi connectivity index (χ3v) is 4.68. The summed E-state index contributed by atoms with van der Waals surface area (Å²) in [7, 11) is 0. The van der Waals surface area contributed by atoms with Crippen molar-refractivity contribution in [1.29, 1.82) is 0 Å². The van der Waals surface area contributed by atoms with Crippen LogP contribution in [0.4, 0.5) is 0 Å². The van der Waals surface area contributed by atoms with E-state index in [4.69, 9.17) is 4.74 Å². The molecule has 0 aliphatic carbocycles. The molecule has 19 heavy (non-hydrogen) atoms. The molecular formula is C16H32N2O. The third kappa shape index (κ3) is 5.41. The van der Waals surface area contributed by atoms with Crippen molar-refractivity contribution in [2.45, 2.75) is 64.5 Å². The van der Waals surface area contributed by atoms with Crippen LogP contribution >= 0.6 is 0 Å². The van der Waals surface area contributed by atoms with Gasteiger partial charge in [0.25, 0.3) is 0 Å². The lowest BCUT2D eigenvalue weighted by molar-refractivity contribution is 0.0943. The molecule has 0 radical (unpaired) electrons. The van der Waals surface area contributed by atoms with Crippen molar-refractivity contribution in [3.05, 3.63) is 0 Å². The summed E-state index contributed by atoms with van der Waals surface area (Å²) in [5, 5.41) is 3.46. The molecule has 0 aromatic heterocycles. The monoisotopic (exact) mass is 268 g/mol. The van der Waals surface area contributed by atoms with Crippen molar-refractivity contribution >= 4 is 0 Å². The van der Waals surface area contributed by atoms with Crippen molar-refractivity contribution in [3.63, 3.8) is 0 Å². The van der Waals surface area contributed by atoms with Crippen LogP contribution in [0.25, 0.3) is 0 Å². The van der Waals surface area contributed by atoms with E-state index >= 15 is 0 Å². The average Bonchev–Trinajstić information content (AvgIpc) is 2.92. The molecule has 1 N–H and O–H groups in total. The molecule has 0 amide bonds. The topological polar surface area (TPSA) is 24.5 Å². The number of ether oxygens (including phenoxy) is 1. The van der Waals surface area contributed by atoms with Crippen LogP contribution < -0.4 is 5.32 Å². The van der Waals surface area contributed by atoms with E-state index in [0.717, 1.165) is 12.5 Å². The molecular weight excluding hydrogens is 236 g/mol. The number of hydrogen-bond donors (Lipinski definition) is 1. The Morgan fingerprint density at radius 2 is 2.00 bits per heavy atom. The van der Waals surface area contributed by atoms with E-state index in [1.165, 1.54) is 64.7 Å². The fourth-order valence-electron chi connectivity index (χ4n) is 3.35. The van der Waals surface area contributed by atoms with E-state index in [2.05, 4.69) is 24.1 Å². The standard InChI is InChI=1S/C16H32N2O/c1-14(2)18(13-15-7-9-17-10-8-15)11-3-5-16-6-4-12-19-16/h14-17H,3-13H2,1-2H3. The summed E-state index contributed by atoms with van der Waals surface area (Å²) in [6.45, 7) is 10.7. The van der Waals surface area contributed by atoms with Crippen molar-refractivity contribution < 1.29 is 4.74 Å². The molecule has 0 aromatic carbocycles. The minimum absolute atomic E-state index is 0.563. The maximum atomic E-state index is 5.72. The van der Waals surface area contributed by atoms with Crippen LogP contribution in [0.15, 0.2) is 0 Å². The van der Waals surface area contributed by atoms with Crippen molar-refractivity contribution in [2.75, 3.05) is 32.8 Å². The van der Waals surface area contributed by atoms with E-state index in [-0.39, 0.29) is 0 Å². The third-order valence-electron chi connectivity index (χ3n) is 4.68. The molecule has 0 aromatic rings. The lowest BCUT2D eigenvalue weighted by Crippen LogP contribution is -2.40. The van der Waals surface area contributed by atoms with E-state index < -0.39 is 0 Å². The minimum Gasteiger partial charge on any atom is -0.378 e. The quantitative estimate of drug-likeness (QED) is 0.768. The van der Waals surface area contributed by atoms with Gasteiger partial charge < -0.3 is 15.0 Å². The molecule has 3 heteroatoms. The van der Waals surface area contributed by atoms with Gasteiger partial charge in [0.2, 0.25) is 0 Å². The Bertz CT molecular complexity index is 233. The van der Waals surface area contributed by atoms with Gasteiger partial charge in [-0.25, -0.2) is 0 Å². The maximum Gasteiger partial charge on any atom is 0.0576 e. The van der Waals surface area contributed by atoms with Crippen molar-refractivity contribution in [1.82, 2.24) is 10.2 Å². The highest BCUT2D eigenvalue weighted by Crippen LogP contribution is 2.19. The average molecular weight is 268 g/mol. The number of hydrogen-bond acceptors (Lipinski definition) is 3. The van der Waals surface area contributed by atoms with Gasteiger partial charge in [0.05, 0.1) is 6.10 Å². The number of piperidine rings is 1. The zero-order valence-corrected chi connectivity index (χ0v) is 12.9. The summed E-state index contributed by atoms with van der Waals surface area (Å²) in [5.41, 5.74) is 0. The van der Waals surface area contributed by atoms with Crippen LogP contribution in [0, 0.1) is 5.92 Å². The largest absolute Gasteiger partial charge is 0.378 e. The second kappa shape index (κ2) is 8.23. The molecule has 1 unspecified atom stereocenters. The molecule has 2 heterocycles. The summed E-state index contributed by atoms with van der Waals surface area (Å²) in [6.07, 6.45) is 8.39. The fraction of sp³-hybridized carbons (Fsp3) is 1.00. The second-order valence-corrected chi connectivity index (χ2v) is 6.56. The predicted molar refractivity (Wildman–Crippen MR) is 80.5 cm³/mol. The zero-order valence-electron chi connectivity index (χ0n) is 12.9. The molecule has 112 valence electrons. The van der Waals surface area contributed by atoms with Gasteiger partial charge in [-0.3, -0.25) is 0 Å². The van der Waals surface area contributed by atoms with E-state index in [9.17, 15) is 0 Å². The van der Waals surface area contributed by atoms with E-state index in [0.29, 0.717) is 12.1 Å². The Labute approximate surface area is 119 Å². The van der Waals surface area contributed by atoms with E-state index in [1.54, 1.807) is 0 Å².